The summed E-state index contributed by atoms with van der Waals surface area (Å²) in [5.74, 6) is -5.28. The van der Waals surface area contributed by atoms with Crippen LogP contribution in [0.25, 0.3) is 11.3 Å². The zero-order valence-corrected chi connectivity index (χ0v) is 19.5. The molecular weight excluding hydrogens is 487 g/mol. The third-order valence-electron chi connectivity index (χ3n) is 6.15. The van der Waals surface area contributed by atoms with E-state index in [1.54, 1.807) is 30.2 Å². The molecule has 0 bridgehead atoms. The number of hydrogen-bond donors (Lipinski definition) is 1. The third-order valence-corrected chi connectivity index (χ3v) is 6.15. The molecule has 2 aromatic heterocycles. The van der Waals surface area contributed by atoms with Crippen LogP contribution in [0.15, 0.2) is 67.1 Å². The molecule has 0 saturated heterocycles. The average molecular weight is 507 g/mol. The van der Waals surface area contributed by atoms with E-state index < -0.39 is 46.1 Å². The van der Waals surface area contributed by atoms with Gasteiger partial charge in [-0.2, -0.15) is 9.49 Å². The van der Waals surface area contributed by atoms with Crippen LogP contribution in [0.5, 0.6) is 11.5 Å². The van der Waals surface area contributed by atoms with Crippen LogP contribution >= 0.6 is 0 Å². The van der Waals surface area contributed by atoms with E-state index in [-0.39, 0.29) is 24.3 Å². The molecule has 11 heteroatoms. The van der Waals surface area contributed by atoms with Gasteiger partial charge in [-0.3, -0.25) is 24.2 Å². The van der Waals surface area contributed by atoms with E-state index in [0.29, 0.717) is 11.3 Å². The number of nitrogens with two attached hydrogens (primary N) is 1. The number of aryl methyl sites for hydroxylation is 1. The summed E-state index contributed by atoms with van der Waals surface area (Å²) in [5, 5.41) is 4.08. The quantitative estimate of drug-likeness (QED) is 0.368. The number of carbonyl (C=O) groups is 2. The molecule has 188 valence electrons. The van der Waals surface area contributed by atoms with Crippen LogP contribution in [-0.4, -0.2) is 26.6 Å². The minimum Gasteiger partial charge on any atom is -0.454 e. The van der Waals surface area contributed by atoms with Gasteiger partial charge >= 0.3 is 0 Å². The van der Waals surface area contributed by atoms with E-state index in [1.807, 2.05) is 0 Å². The number of aromatic nitrogens is 3. The van der Waals surface area contributed by atoms with Crippen LogP contribution in [0, 0.1) is 22.9 Å². The van der Waals surface area contributed by atoms with E-state index in [0.717, 1.165) is 29.2 Å². The summed E-state index contributed by atoms with van der Waals surface area (Å²) in [7, 11) is 1.75. The maximum absolute atomic E-state index is 15.4. The molecule has 2 N–H and O–H groups in total. The SMILES string of the molecule is Cn1cc(-c2cc(Oc3ccc(N(C(=O)C4(C(N)=O)CC4)c4ccc(F)cc4)c(F)c3F)ccn2)cn1. The Labute approximate surface area is 209 Å². The molecule has 1 saturated carbocycles. The first-order valence-corrected chi connectivity index (χ1v) is 11.2. The molecule has 1 aliphatic rings. The zero-order valence-electron chi connectivity index (χ0n) is 19.5. The van der Waals surface area contributed by atoms with Crippen molar-refractivity contribution >= 4 is 23.2 Å². The smallest absolute Gasteiger partial charge is 0.247 e. The van der Waals surface area contributed by atoms with Gasteiger partial charge in [-0.15, -0.1) is 0 Å². The molecule has 2 amide bonds. The van der Waals surface area contributed by atoms with Crippen LogP contribution in [0.2, 0.25) is 0 Å². The number of amides is 2. The van der Waals surface area contributed by atoms with Gasteiger partial charge in [0.15, 0.2) is 11.6 Å². The van der Waals surface area contributed by atoms with Gasteiger partial charge in [-0.05, 0) is 55.3 Å². The molecular formula is C26H20F3N5O3. The van der Waals surface area contributed by atoms with Gasteiger partial charge in [0.2, 0.25) is 17.6 Å². The van der Waals surface area contributed by atoms with Crippen LogP contribution in [0.4, 0.5) is 24.5 Å². The highest BCUT2D eigenvalue weighted by molar-refractivity contribution is 6.16. The van der Waals surface area contributed by atoms with E-state index in [9.17, 15) is 14.0 Å². The first-order valence-electron chi connectivity index (χ1n) is 11.2. The molecule has 0 unspecified atom stereocenters. The number of rotatable bonds is 7. The normalized spacial score (nSPS) is 13.7. The lowest BCUT2D eigenvalue weighted by Crippen LogP contribution is -2.41. The molecule has 0 radical (unpaired) electrons. The van der Waals surface area contributed by atoms with E-state index >= 15 is 8.78 Å². The van der Waals surface area contributed by atoms with Crippen molar-refractivity contribution in [2.75, 3.05) is 4.90 Å². The number of hydrogen-bond acceptors (Lipinski definition) is 5. The van der Waals surface area contributed by atoms with Crippen molar-refractivity contribution in [3.8, 4) is 22.8 Å². The summed E-state index contributed by atoms with van der Waals surface area (Å²) >= 11 is 0. The summed E-state index contributed by atoms with van der Waals surface area (Å²) in [6.45, 7) is 0. The fourth-order valence-electron chi connectivity index (χ4n) is 3.95. The van der Waals surface area contributed by atoms with Crippen molar-refractivity contribution in [1.29, 1.82) is 0 Å². The predicted molar refractivity (Wildman–Crippen MR) is 127 cm³/mol. The first kappa shape index (κ1) is 24.0. The zero-order chi connectivity index (χ0) is 26.3. The fourth-order valence-corrected chi connectivity index (χ4v) is 3.95. The minimum atomic E-state index is -1.54. The second-order valence-electron chi connectivity index (χ2n) is 8.66. The monoisotopic (exact) mass is 507 g/mol. The van der Waals surface area contributed by atoms with Gasteiger partial charge in [0.05, 0.1) is 17.6 Å². The Hall–Kier alpha value is -4.67. The van der Waals surface area contributed by atoms with E-state index in [2.05, 4.69) is 10.1 Å². The van der Waals surface area contributed by atoms with Crippen molar-refractivity contribution in [1.82, 2.24) is 14.8 Å². The molecule has 4 aromatic rings. The summed E-state index contributed by atoms with van der Waals surface area (Å²) < 4.78 is 51.4. The number of carbonyl (C=O) groups excluding carboxylic acids is 2. The lowest BCUT2D eigenvalue weighted by Gasteiger charge is -2.27. The molecule has 37 heavy (non-hydrogen) atoms. The minimum absolute atomic E-state index is 0.0427. The Kier molecular flexibility index (Phi) is 5.90. The van der Waals surface area contributed by atoms with Gasteiger partial charge in [-0.25, -0.2) is 8.78 Å². The highest BCUT2D eigenvalue weighted by atomic mass is 19.2. The number of primary amides is 1. The lowest BCUT2D eigenvalue weighted by molar-refractivity contribution is -0.133. The van der Waals surface area contributed by atoms with Gasteiger partial charge < -0.3 is 10.5 Å². The summed E-state index contributed by atoms with van der Waals surface area (Å²) in [6.07, 6.45) is 5.13. The molecule has 8 nitrogen and oxygen atoms in total. The Morgan fingerprint density at radius 3 is 2.41 bits per heavy atom. The molecule has 5 rings (SSSR count). The van der Waals surface area contributed by atoms with Gasteiger partial charge in [0.25, 0.3) is 0 Å². The van der Waals surface area contributed by atoms with Crippen LogP contribution in [-0.2, 0) is 16.6 Å². The van der Waals surface area contributed by atoms with E-state index in [1.165, 1.54) is 24.4 Å². The second-order valence-corrected chi connectivity index (χ2v) is 8.66. The van der Waals surface area contributed by atoms with Gasteiger partial charge in [-0.1, -0.05) is 0 Å². The summed E-state index contributed by atoms with van der Waals surface area (Å²) in [5.41, 5.74) is 4.69. The fraction of sp³-hybridized carbons (Fsp3) is 0.154. The molecule has 2 aromatic carbocycles. The van der Waals surface area contributed by atoms with Crippen LogP contribution < -0.4 is 15.4 Å². The molecule has 0 spiro atoms. The van der Waals surface area contributed by atoms with Crippen molar-refractivity contribution in [2.45, 2.75) is 12.8 Å². The van der Waals surface area contributed by atoms with Crippen molar-refractivity contribution in [2.24, 2.45) is 18.2 Å². The van der Waals surface area contributed by atoms with Crippen molar-refractivity contribution in [3.05, 3.63) is 84.6 Å². The molecule has 0 aliphatic heterocycles. The van der Waals surface area contributed by atoms with E-state index in [4.69, 9.17) is 10.5 Å². The van der Waals surface area contributed by atoms with Gasteiger partial charge in [0.1, 0.15) is 17.0 Å². The highest BCUT2D eigenvalue weighted by Gasteiger charge is 2.57. The number of halogens is 3. The standard InChI is InChI=1S/C26H20F3N5O3/c1-33-14-15(13-32-33)19-12-18(8-11-31-19)37-21-7-6-20(22(28)23(21)29)34(17-4-2-16(27)3-5-17)25(36)26(9-10-26)24(30)35/h2-8,11-14H,9-10H2,1H3,(H2,30,35). The van der Waals surface area contributed by atoms with Crippen LogP contribution in [0.3, 0.4) is 0 Å². The first-order chi connectivity index (χ1) is 17.7. The topological polar surface area (TPSA) is 103 Å². The Balaban J connectivity index is 1.51. The number of pyridine rings is 1. The maximum Gasteiger partial charge on any atom is 0.247 e. The number of nitrogens with zero attached hydrogens (tertiary/aromatic N) is 4. The molecule has 2 heterocycles. The summed E-state index contributed by atoms with van der Waals surface area (Å²) in [4.78, 5) is 30.4. The number of benzene rings is 2. The predicted octanol–water partition coefficient (Wildman–Crippen LogP) is 4.62. The Bertz CT molecular complexity index is 1520. The molecule has 0 atom stereocenters. The maximum atomic E-state index is 15.4. The number of ether oxygens (including phenoxy) is 1. The lowest BCUT2D eigenvalue weighted by atomic mass is 10.0. The van der Waals surface area contributed by atoms with Gasteiger partial charge in [0, 0.05) is 36.8 Å². The Morgan fingerprint density at radius 2 is 1.78 bits per heavy atom. The second kappa shape index (κ2) is 9.08. The highest BCUT2D eigenvalue weighted by Crippen LogP contribution is 2.49. The van der Waals surface area contributed by atoms with Crippen molar-refractivity contribution in [3.63, 3.8) is 0 Å². The van der Waals surface area contributed by atoms with Crippen molar-refractivity contribution < 1.29 is 27.5 Å². The molecule has 1 fully saturated rings. The molecule has 1 aliphatic carbocycles. The average Bonchev–Trinajstić information content (AvgIpc) is 3.59. The Morgan fingerprint density at radius 1 is 1.05 bits per heavy atom. The van der Waals surface area contributed by atoms with Crippen LogP contribution in [0.1, 0.15) is 12.8 Å². The summed E-state index contributed by atoms with van der Waals surface area (Å²) in [6, 6.07) is 9.90. The number of anilines is 2. The largest absolute Gasteiger partial charge is 0.454 e. The third kappa shape index (κ3) is 4.39.